The average Bonchev–Trinajstić information content (AvgIpc) is 3.06. The van der Waals surface area contributed by atoms with Crippen molar-refractivity contribution in [1.29, 1.82) is 0 Å². The molecule has 0 amide bonds. The normalized spacial score (nSPS) is 12.9. The van der Waals surface area contributed by atoms with E-state index >= 15 is 0 Å². The van der Waals surface area contributed by atoms with Crippen LogP contribution in [0.25, 0.3) is 16.9 Å². The van der Waals surface area contributed by atoms with Gasteiger partial charge in [-0.15, -0.1) is 0 Å². The topological polar surface area (TPSA) is 47.4 Å². The van der Waals surface area contributed by atoms with Crippen LogP contribution in [0, 0.1) is 0 Å². The van der Waals surface area contributed by atoms with E-state index in [0.29, 0.717) is 12.3 Å². The van der Waals surface area contributed by atoms with E-state index < -0.39 is 0 Å². The van der Waals surface area contributed by atoms with Crippen LogP contribution in [0.3, 0.4) is 0 Å². The lowest BCUT2D eigenvalue weighted by molar-refractivity contribution is 0.0458. The van der Waals surface area contributed by atoms with E-state index in [-0.39, 0.29) is 5.97 Å². The number of benzene rings is 2. The number of esters is 1. The minimum absolute atomic E-state index is 0.326. The van der Waals surface area contributed by atoms with Crippen molar-refractivity contribution in [1.82, 2.24) is 14.7 Å². The van der Waals surface area contributed by atoms with Gasteiger partial charge in [0.15, 0.2) is 5.69 Å². The summed E-state index contributed by atoms with van der Waals surface area (Å²) in [7, 11) is 0. The standard InChI is InChI=1S/C25H29N3O2/c1-3-27(4-2)17-18-30-25(29)23-22-16-10-12-19-11-8-9-15-21(19)24(22)28(26-23)20-13-6-5-7-14-20/h5-9,11,13-15H,3-4,10,12,16-18H2,1-2H3. The van der Waals surface area contributed by atoms with E-state index in [0.717, 1.165) is 61.4 Å². The van der Waals surface area contributed by atoms with Gasteiger partial charge in [-0.1, -0.05) is 56.3 Å². The fourth-order valence-corrected chi connectivity index (χ4v) is 4.18. The van der Waals surface area contributed by atoms with Gasteiger partial charge in [0, 0.05) is 17.7 Å². The molecule has 1 aliphatic rings. The van der Waals surface area contributed by atoms with Crippen LogP contribution in [0.15, 0.2) is 54.6 Å². The zero-order chi connectivity index (χ0) is 20.9. The van der Waals surface area contributed by atoms with Crippen LogP contribution in [0.2, 0.25) is 0 Å². The lowest BCUT2D eigenvalue weighted by Crippen LogP contribution is -2.28. The second-order valence-electron chi connectivity index (χ2n) is 7.60. The van der Waals surface area contributed by atoms with Gasteiger partial charge in [-0.3, -0.25) is 0 Å². The molecular weight excluding hydrogens is 374 g/mol. The molecule has 0 radical (unpaired) electrons. The molecule has 0 saturated heterocycles. The van der Waals surface area contributed by atoms with Gasteiger partial charge >= 0.3 is 5.97 Å². The summed E-state index contributed by atoms with van der Waals surface area (Å²) in [5.41, 5.74) is 5.87. The predicted octanol–water partition coefficient (Wildman–Crippen LogP) is 4.53. The monoisotopic (exact) mass is 403 g/mol. The molecule has 1 heterocycles. The third kappa shape index (κ3) is 4.03. The van der Waals surface area contributed by atoms with Gasteiger partial charge in [-0.25, -0.2) is 9.48 Å². The van der Waals surface area contributed by atoms with E-state index in [1.54, 1.807) is 0 Å². The number of fused-ring (bicyclic) bond motifs is 3. The molecule has 5 nitrogen and oxygen atoms in total. The van der Waals surface area contributed by atoms with Crippen molar-refractivity contribution >= 4 is 5.97 Å². The summed E-state index contributed by atoms with van der Waals surface area (Å²) in [6, 6.07) is 18.5. The number of hydrogen-bond donors (Lipinski definition) is 0. The summed E-state index contributed by atoms with van der Waals surface area (Å²) in [5, 5.41) is 4.77. The molecule has 0 N–H and O–H groups in total. The molecule has 30 heavy (non-hydrogen) atoms. The molecule has 4 rings (SSSR count). The van der Waals surface area contributed by atoms with Crippen molar-refractivity contribution in [3.8, 4) is 16.9 Å². The van der Waals surface area contributed by atoms with E-state index in [4.69, 9.17) is 9.84 Å². The summed E-state index contributed by atoms with van der Waals surface area (Å²) in [5.74, 6) is -0.326. The van der Waals surface area contributed by atoms with Gasteiger partial charge in [0.1, 0.15) is 6.61 Å². The zero-order valence-corrected chi connectivity index (χ0v) is 17.8. The summed E-state index contributed by atoms with van der Waals surface area (Å²) >= 11 is 0. The smallest absolute Gasteiger partial charge is 0.359 e. The summed E-state index contributed by atoms with van der Waals surface area (Å²) in [4.78, 5) is 15.3. The zero-order valence-electron chi connectivity index (χ0n) is 17.8. The third-order valence-corrected chi connectivity index (χ3v) is 5.86. The first-order chi connectivity index (χ1) is 14.7. The van der Waals surface area contributed by atoms with Crippen molar-refractivity contribution in [2.75, 3.05) is 26.2 Å². The Labute approximate surface area is 178 Å². The number of aromatic nitrogens is 2. The van der Waals surface area contributed by atoms with Crippen LogP contribution in [0.4, 0.5) is 0 Å². The molecule has 0 aliphatic heterocycles. The van der Waals surface area contributed by atoms with Crippen LogP contribution in [-0.4, -0.2) is 46.9 Å². The minimum Gasteiger partial charge on any atom is -0.460 e. The van der Waals surface area contributed by atoms with E-state index in [1.807, 2.05) is 35.0 Å². The first kappa shape index (κ1) is 20.4. The third-order valence-electron chi connectivity index (χ3n) is 5.86. The number of rotatable bonds is 7. The Bertz CT molecular complexity index is 1010. The number of ether oxygens (including phenoxy) is 1. The second-order valence-corrected chi connectivity index (χ2v) is 7.60. The van der Waals surface area contributed by atoms with Crippen LogP contribution in [0.5, 0.6) is 0 Å². The van der Waals surface area contributed by atoms with E-state index in [2.05, 4.69) is 43.0 Å². The lowest BCUT2D eigenvalue weighted by Gasteiger charge is -2.17. The maximum Gasteiger partial charge on any atom is 0.359 e. The van der Waals surface area contributed by atoms with Gasteiger partial charge < -0.3 is 9.64 Å². The van der Waals surface area contributed by atoms with E-state index in [1.165, 1.54) is 5.56 Å². The van der Waals surface area contributed by atoms with E-state index in [9.17, 15) is 4.79 Å². The highest BCUT2D eigenvalue weighted by Crippen LogP contribution is 2.36. The van der Waals surface area contributed by atoms with Crippen molar-refractivity contribution < 1.29 is 9.53 Å². The number of para-hydroxylation sites is 1. The summed E-state index contributed by atoms with van der Waals surface area (Å²) in [6.45, 7) is 7.24. The molecule has 156 valence electrons. The molecule has 5 heteroatoms. The van der Waals surface area contributed by atoms with Crippen molar-refractivity contribution in [3.63, 3.8) is 0 Å². The highest BCUT2D eigenvalue weighted by atomic mass is 16.5. The average molecular weight is 404 g/mol. The van der Waals surface area contributed by atoms with Crippen LogP contribution in [-0.2, 0) is 17.6 Å². The first-order valence-corrected chi connectivity index (χ1v) is 10.9. The Kier molecular flexibility index (Phi) is 6.29. The Balaban J connectivity index is 1.73. The molecule has 0 unspecified atom stereocenters. The molecule has 0 spiro atoms. The Hall–Kier alpha value is -2.92. The van der Waals surface area contributed by atoms with Gasteiger partial charge in [0.2, 0.25) is 0 Å². The number of likely N-dealkylation sites (N-methyl/N-ethyl adjacent to an activating group) is 1. The van der Waals surface area contributed by atoms with Gasteiger partial charge in [-0.05, 0) is 50.0 Å². The van der Waals surface area contributed by atoms with Gasteiger partial charge in [0.05, 0.1) is 11.4 Å². The largest absolute Gasteiger partial charge is 0.460 e. The number of aryl methyl sites for hydroxylation is 1. The fourth-order valence-electron chi connectivity index (χ4n) is 4.18. The fraction of sp³-hybridized carbons (Fsp3) is 0.360. The molecule has 3 aromatic rings. The summed E-state index contributed by atoms with van der Waals surface area (Å²) in [6.07, 6.45) is 2.80. The molecule has 1 aromatic heterocycles. The van der Waals surface area contributed by atoms with Gasteiger partial charge in [0.25, 0.3) is 0 Å². The highest BCUT2D eigenvalue weighted by Gasteiger charge is 2.28. The SMILES string of the molecule is CCN(CC)CCOC(=O)c1nn(-c2ccccc2)c2c1CCCc1ccccc1-2. The molecular formula is C25H29N3O2. The van der Waals surface area contributed by atoms with Crippen LogP contribution >= 0.6 is 0 Å². The number of carbonyl (C=O) groups excluding carboxylic acids is 1. The molecule has 0 fully saturated rings. The Morgan fingerprint density at radius 1 is 1.03 bits per heavy atom. The maximum atomic E-state index is 13.0. The summed E-state index contributed by atoms with van der Waals surface area (Å²) < 4.78 is 7.57. The number of hydrogen-bond acceptors (Lipinski definition) is 4. The molecule has 2 aromatic carbocycles. The quantitative estimate of drug-likeness (QED) is 0.544. The van der Waals surface area contributed by atoms with Crippen LogP contribution < -0.4 is 0 Å². The van der Waals surface area contributed by atoms with Gasteiger partial charge in [-0.2, -0.15) is 5.10 Å². The molecule has 0 atom stereocenters. The lowest BCUT2D eigenvalue weighted by atomic mass is 10.0. The predicted molar refractivity (Wildman–Crippen MR) is 119 cm³/mol. The minimum atomic E-state index is -0.326. The Morgan fingerprint density at radius 3 is 2.53 bits per heavy atom. The molecule has 0 saturated carbocycles. The molecule has 0 bridgehead atoms. The molecule has 1 aliphatic carbocycles. The Morgan fingerprint density at radius 2 is 1.77 bits per heavy atom. The van der Waals surface area contributed by atoms with Crippen molar-refractivity contribution in [3.05, 3.63) is 71.4 Å². The first-order valence-electron chi connectivity index (χ1n) is 10.9. The number of carbonyl (C=O) groups is 1. The van der Waals surface area contributed by atoms with Crippen molar-refractivity contribution in [2.24, 2.45) is 0 Å². The maximum absolute atomic E-state index is 13.0. The highest BCUT2D eigenvalue weighted by molar-refractivity contribution is 5.92. The van der Waals surface area contributed by atoms with Crippen LogP contribution in [0.1, 0.15) is 41.9 Å². The van der Waals surface area contributed by atoms with Crippen molar-refractivity contribution in [2.45, 2.75) is 33.1 Å². The second kappa shape index (κ2) is 9.26. The number of nitrogens with zero attached hydrogens (tertiary/aromatic N) is 3.